The van der Waals surface area contributed by atoms with Gasteiger partial charge in [0.2, 0.25) is 0 Å². The molecular weight excluding hydrogens is 340 g/mol. The summed E-state index contributed by atoms with van der Waals surface area (Å²) in [4.78, 5) is 19.1. The number of nitriles is 1. The molecule has 0 atom stereocenters. The van der Waals surface area contributed by atoms with Crippen LogP contribution in [-0.4, -0.2) is 32.4 Å². The van der Waals surface area contributed by atoms with E-state index in [-0.39, 0.29) is 11.6 Å². The molecule has 3 aromatic rings. The summed E-state index contributed by atoms with van der Waals surface area (Å²) in [6, 6.07) is 15.4. The van der Waals surface area contributed by atoms with Gasteiger partial charge in [-0.1, -0.05) is 18.2 Å². The van der Waals surface area contributed by atoms with Gasteiger partial charge in [-0.15, -0.1) is 0 Å². The molecule has 0 aliphatic carbocycles. The summed E-state index contributed by atoms with van der Waals surface area (Å²) in [7, 11) is 1.69. The number of nitrogens with zero attached hydrogens (tertiary/aromatic N) is 6. The van der Waals surface area contributed by atoms with Crippen molar-refractivity contribution in [1.29, 1.82) is 5.26 Å². The molecule has 7 heteroatoms. The molecule has 0 spiro atoms. The number of pyridine rings is 1. The normalized spacial score (nSPS) is 14.9. The highest BCUT2D eigenvalue weighted by atomic mass is 16.2. The van der Waals surface area contributed by atoms with Crippen LogP contribution in [0.15, 0.2) is 53.5 Å². The van der Waals surface area contributed by atoms with Crippen LogP contribution >= 0.6 is 0 Å². The lowest BCUT2D eigenvalue weighted by Gasteiger charge is -2.32. The Kier molecular flexibility index (Phi) is 4.47. The van der Waals surface area contributed by atoms with Gasteiger partial charge in [-0.2, -0.15) is 10.4 Å². The van der Waals surface area contributed by atoms with Crippen molar-refractivity contribution in [2.45, 2.75) is 18.8 Å². The molecule has 0 amide bonds. The van der Waals surface area contributed by atoms with E-state index in [4.69, 9.17) is 0 Å². The number of para-hydroxylation sites is 1. The fraction of sp³-hybridized carbons (Fsp3) is 0.300. The highest BCUT2D eigenvalue weighted by Gasteiger charge is 2.28. The van der Waals surface area contributed by atoms with Gasteiger partial charge < -0.3 is 4.90 Å². The quantitative estimate of drug-likeness (QED) is 0.715. The average molecular weight is 360 g/mol. The summed E-state index contributed by atoms with van der Waals surface area (Å²) in [5.74, 6) is 1.72. The third kappa shape index (κ3) is 3.10. The molecule has 3 heterocycles. The van der Waals surface area contributed by atoms with Crippen molar-refractivity contribution in [3.8, 4) is 11.8 Å². The lowest BCUT2D eigenvalue weighted by molar-refractivity contribution is 0.475. The number of piperidine rings is 1. The molecule has 2 aromatic heterocycles. The first-order valence-electron chi connectivity index (χ1n) is 9.00. The van der Waals surface area contributed by atoms with Crippen LogP contribution in [0.1, 0.15) is 30.1 Å². The molecule has 1 aromatic carbocycles. The van der Waals surface area contributed by atoms with Gasteiger partial charge in [0.15, 0.2) is 0 Å². The topological polar surface area (TPSA) is 79.7 Å². The van der Waals surface area contributed by atoms with Gasteiger partial charge in [-0.3, -0.25) is 0 Å². The maximum atomic E-state index is 12.6. The van der Waals surface area contributed by atoms with Crippen LogP contribution in [0.5, 0.6) is 0 Å². The molecule has 0 radical (unpaired) electrons. The molecule has 1 aliphatic rings. The van der Waals surface area contributed by atoms with E-state index in [1.165, 1.54) is 4.68 Å². The fourth-order valence-electron chi connectivity index (χ4n) is 3.65. The Morgan fingerprint density at radius 1 is 1.11 bits per heavy atom. The highest BCUT2D eigenvalue weighted by Crippen LogP contribution is 2.30. The maximum Gasteiger partial charge on any atom is 0.350 e. The number of aromatic nitrogens is 4. The smallest absolute Gasteiger partial charge is 0.350 e. The molecule has 0 bridgehead atoms. The Balaban J connectivity index is 1.60. The molecule has 136 valence electrons. The zero-order valence-corrected chi connectivity index (χ0v) is 15.1. The average Bonchev–Trinajstić information content (AvgIpc) is 3.03. The van der Waals surface area contributed by atoms with Crippen LogP contribution in [0.25, 0.3) is 5.69 Å². The van der Waals surface area contributed by atoms with Gasteiger partial charge in [-0.05, 0) is 37.1 Å². The summed E-state index contributed by atoms with van der Waals surface area (Å²) >= 11 is 0. The van der Waals surface area contributed by atoms with Crippen molar-refractivity contribution in [2.75, 3.05) is 18.0 Å². The van der Waals surface area contributed by atoms with Crippen molar-refractivity contribution in [1.82, 2.24) is 19.3 Å². The van der Waals surface area contributed by atoms with E-state index in [0.29, 0.717) is 5.56 Å². The summed E-state index contributed by atoms with van der Waals surface area (Å²) in [5.41, 5.74) is 1.30. The summed E-state index contributed by atoms with van der Waals surface area (Å²) < 4.78 is 3.11. The standard InChI is InChI=1S/C20H20N6O/c1-24-20(27)26(17-7-3-2-4-8-17)19(23-24)15-9-12-25(13-10-15)18-16(14-21)6-5-11-22-18/h2-8,11,15H,9-10,12-13H2,1H3. The SMILES string of the molecule is Cn1nc(C2CCN(c3ncccc3C#N)CC2)n(-c2ccccc2)c1=O. The van der Waals surface area contributed by atoms with E-state index in [9.17, 15) is 10.1 Å². The Morgan fingerprint density at radius 2 is 1.85 bits per heavy atom. The molecule has 0 saturated carbocycles. The van der Waals surface area contributed by atoms with Crippen LogP contribution in [-0.2, 0) is 7.05 Å². The zero-order valence-electron chi connectivity index (χ0n) is 15.1. The number of benzene rings is 1. The minimum absolute atomic E-state index is 0.130. The van der Waals surface area contributed by atoms with Gasteiger partial charge in [0.25, 0.3) is 0 Å². The van der Waals surface area contributed by atoms with E-state index in [1.54, 1.807) is 29.9 Å². The first kappa shape index (κ1) is 17.0. The van der Waals surface area contributed by atoms with E-state index >= 15 is 0 Å². The highest BCUT2D eigenvalue weighted by molar-refractivity contribution is 5.53. The van der Waals surface area contributed by atoms with Crippen LogP contribution in [0.2, 0.25) is 0 Å². The maximum absolute atomic E-state index is 12.6. The van der Waals surface area contributed by atoms with Gasteiger partial charge >= 0.3 is 5.69 Å². The molecule has 1 aliphatic heterocycles. The van der Waals surface area contributed by atoms with Gasteiger partial charge in [0.05, 0.1) is 11.3 Å². The molecule has 27 heavy (non-hydrogen) atoms. The van der Waals surface area contributed by atoms with Crippen LogP contribution in [0, 0.1) is 11.3 Å². The lowest BCUT2D eigenvalue weighted by Crippen LogP contribution is -2.35. The Hall–Kier alpha value is -3.40. The van der Waals surface area contributed by atoms with E-state index < -0.39 is 0 Å². The van der Waals surface area contributed by atoms with E-state index in [0.717, 1.165) is 43.3 Å². The minimum Gasteiger partial charge on any atom is -0.355 e. The third-order valence-electron chi connectivity index (χ3n) is 5.03. The van der Waals surface area contributed by atoms with Crippen molar-refractivity contribution >= 4 is 5.82 Å². The third-order valence-corrected chi connectivity index (χ3v) is 5.03. The van der Waals surface area contributed by atoms with Gasteiger partial charge in [0, 0.05) is 32.3 Å². The number of aryl methyl sites for hydroxylation is 1. The first-order valence-corrected chi connectivity index (χ1v) is 9.00. The van der Waals surface area contributed by atoms with Crippen molar-refractivity contribution in [3.63, 3.8) is 0 Å². The van der Waals surface area contributed by atoms with Crippen LogP contribution in [0.4, 0.5) is 5.82 Å². The van der Waals surface area contributed by atoms with Crippen LogP contribution < -0.4 is 10.6 Å². The van der Waals surface area contributed by atoms with Gasteiger partial charge in [0.1, 0.15) is 17.7 Å². The summed E-state index contributed by atoms with van der Waals surface area (Å²) in [6.45, 7) is 1.55. The largest absolute Gasteiger partial charge is 0.355 e. The van der Waals surface area contributed by atoms with E-state index in [2.05, 4.69) is 21.1 Å². The molecule has 1 fully saturated rings. The predicted octanol–water partition coefficient (Wildman–Crippen LogP) is 2.22. The number of anilines is 1. The molecule has 0 unspecified atom stereocenters. The summed E-state index contributed by atoms with van der Waals surface area (Å²) in [5, 5.41) is 13.8. The van der Waals surface area contributed by atoms with Crippen molar-refractivity contribution < 1.29 is 0 Å². The Bertz CT molecular complexity index is 1040. The Labute approximate surface area is 157 Å². The van der Waals surface area contributed by atoms with Crippen molar-refractivity contribution in [2.24, 2.45) is 7.05 Å². The second-order valence-corrected chi connectivity index (χ2v) is 6.68. The summed E-state index contributed by atoms with van der Waals surface area (Å²) in [6.07, 6.45) is 3.42. The lowest BCUT2D eigenvalue weighted by atomic mass is 9.95. The van der Waals surface area contributed by atoms with Crippen LogP contribution in [0.3, 0.4) is 0 Å². The van der Waals surface area contributed by atoms with Crippen molar-refractivity contribution in [3.05, 3.63) is 70.5 Å². The fourth-order valence-corrected chi connectivity index (χ4v) is 3.65. The number of rotatable bonds is 3. The zero-order chi connectivity index (χ0) is 18.8. The first-order chi connectivity index (χ1) is 13.2. The predicted molar refractivity (Wildman–Crippen MR) is 102 cm³/mol. The molecular formula is C20H20N6O. The minimum atomic E-state index is -0.130. The molecule has 1 saturated heterocycles. The molecule has 0 N–H and O–H groups in total. The van der Waals surface area contributed by atoms with E-state index in [1.807, 2.05) is 30.3 Å². The monoisotopic (exact) mass is 360 g/mol. The molecule has 4 rings (SSSR count). The second-order valence-electron chi connectivity index (χ2n) is 6.68. The number of hydrogen-bond acceptors (Lipinski definition) is 5. The van der Waals surface area contributed by atoms with Gasteiger partial charge in [-0.25, -0.2) is 19.0 Å². The molecule has 7 nitrogen and oxygen atoms in total. The Morgan fingerprint density at radius 3 is 2.56 bits per heavy atom. The second kappa shape index (κ2) is 7.08. The number of hydrogen-bond donors (Lipinski definition) is 0.